The first-order valence-electron chi connectivity index (χ1n) is 11.2. The number of aryl methyl sites for hydroxylation is 1. The molecule has 0 unspecified atom stereocenters. The van der Waals surface area contributed by atoms with Crippen molar-refractivity contribution in [3.8, 4) is 0 Å². The highest BCUT2D eigenvalue weighted by molar-refractivity contribution is 5.77. The molecule has 4 heterocycles. The van der Waals surface area contributed by atoms with Crippen molar-refractivity contribution in [2.75, 3.05) is 49.1 Å². The molecule has 0 amide bonds. The van der Waals surface area contributed by atoms with Crippen LogP contribution in [0.1, 0.15) is 30.0 Å². The summed E-state index contributed by atoms with van der Waals surface area (Å²) in [4.78, 5) is 20.7. The van der Waals surface area contributed by atoms with Crippen LogP contribution in [0.5, 0.6) is 0 Å². The molecule has 0 atom stereocenters. The number of oxazole rings is 1. The van der Waals surface area contributed by atoms with Crippen LogP contribution in [0.25, 0.3) is 11.1 Å². The van der Waals surface area contributed by atoms with Crippen LogP contribution >= 0.6 is 0 Å². The number of anilines is 2. The van der Waals surface area contributed by atoms with Crippen LogP contribution in [0, 0.1) is 13.8 Å². The molecule has 8 heteroatoms. The van der Waals surface area contributed by atoms with Gasteiger partial charge in [-0.05, 0) is 44.9 Å². The fourth-order valence-electron chi connectivity index (χ4n) is 4.54. The third-order valence-electron chi connectivity index (χ3n) is 6.66. The van der Waals surface area contributed by atoms with Gasteiger partial charge in [0.15, 0.2) is 5.58 Å². The zero-order chi connectivity index (χ0) is 21.4. The van der Waals surface area contributed by atoms with E-state index < -0.39 is 0 Å². The van der Waals surface area contributed by atoms with E-state index in [4.69, 9.17) is 15.1 Å². The monoisotopic (exact) mass is 421 g/mol. The molecule has 2 aliphatic rings. The Bertz CT molecular complexity index is 1050. The second-order valence-electron chi connectivity index (χ2n) is 8.75. The van der Waals surface area contributed by atoms with Crippen molar-refractivity contribution in [1.82, 2.24) is 19.9 Å². The Morgan fingerprint density at radius 2 is 1.77 bits per heavy atom. The molecule has 0 aliphatic carbocycles. The Hall–Kier alpha value is -2.71. The number of piperidine rings is 1. The second-order valence-corrected chi connectivity index (χ2v) is 8.75. The van der Waals surface area contributed by atoms with Crippen molar-refractivity contribution in [2.24, 2.45) is 5.73 Å². The van der Waals surface area contributed by atoms with Gasteiger partial charge < -0.3 is 20.0 Å². The van der Waals surface area contributed by atoms with Crippen molar-refractivity contribution >= 4 is 22.6 Å². The predicted octanol–water partition coefficient (Wildman–Crippen LogP) is 2.48. The minimum absolute atomic E-state index is 0.335. The Balaban J connectivity index is 1.22. The SMILES string of the molecule is Cc1ncnc(N2CCN(Cc3nc4cc(N5CCC(N)CC5)ccc4o3)CC2)c1C. The van der Waals surface area contributed by atoms with E-state index in [2.05, 4.69) is 43.7 Å². The van der Waals surface area contributed by atoms with Gasteiger partial charge in [0.1, 0.15) is 17.7 Å². The summed E-state index contributed by atoms with van der Waals surface area (Å²) in [6, 6.07) is 6.67. The van der Waals surface area contributed by atoms with Crippen LogP contribution in [-0.2, 0) is 6.54 Å². The molecule has 2 N–H and O–H groups in total. The van der Waals surface area contributed by atoms with Crippen molar-refractivity contribution in [3.63, 3.8) is 0 Å². The molecular weight excluding hydrogens is 390 g/mol. The van der Waals surface area contributed by atoms with Gasteiger partial charge in [0.05, 0.1) is 6.54 Å². The van der Waals surface area contributed by atoms with E-state index in [-0.39, 0.29) is 0 Å². The predicted molar refractivity (Wildman–Crippen MR) is 122 cm³/mol. The summed E-state index contributed by atoms with van der Waals surface area (Å²) in [5, 5.41) is 0. The first kappa shape index (κ1) is 20.2. The van der Waals surface area contributed by atoms with Crippen LogP contribution in [-0.4, -0.2) is 65.2 Å². The standard InChI is InChI=1S/C23H31N7O/c1-16-17(2)25-15-26-23(16)30-11-9-28(10-12-30)14-22-27-20-13-19(3-4-21(20)31-22)29-7-5-18(24)6-8-29/h3-4,13,15,18H,5-12,14,24H2,1-2H3. The van der Waals surface area contributed by atoms with Crippen LogP contribution in [0.15, 0.2) is 28.9 Å². The van der Waals surface area contributed by atoms with Crippen LogP contribution in [0.4, 0.5) is 11.5 Å². The smallest absolute Gasteiger partial charge is 0.209 e. The van der Waals surface area contributed by atoms with Crippen LogP contribution < -0.4 is 15.5 Å². The van der Waals surface area contributed by atoms with Crippen molar-refractivity contribution < 1.29 is 4.42 Å². The van der Waals surface area contributed by atoms with Crippen molar-refractivity contribution in [3.05, 3.63) is 41.7 Å². The van der Waals surface area contributed by atoms with Gasteiger partial charge in [0, 0.05) is 62.3 Å². The van der Waals surface area contributed by atoms with Gasteiger partial charge >= 0.3 is 0 Å². The number of hydrogen-bond donors (Lipinski definition) is 1. The normalized spacial score (nSPS) is 18.8. The zero-order valence-corrected chi connectivity index (χ0v) is 18.4. The molecule has 0 radical (unpaired) electrons. The highest BCUT2D eigenvalue weighted by Crippen LogP contribution is 2.26. The van der Waals surface area contributed by atoms with Gasteiger partial charge in [-0.1, -0.05) is 0 Å². The zero-order valence-electron chi connectivity index (χ0n) is 18.4. The molecular formula is C23H31N7O. The van der Waals surface area contributed by atoms with Gasteiger partial charge in [-0.3, -0.25) is 4.90 Å². The maximum absolute atomic E-state index is 6.05. The maximum atomic E-state index is 6.05. The number of piperazine rings is 1. The summed E-state index contributed by atoms with van der Waals surface area (Å²) in [5.41, 5.74) is 11.3. The molecule has 2 fully saturated rings. The number of aromatic nitrogens is 3. The van der Waals surface area contributed by atoms with E-state index in [1.807, 2.05) is 13.0 Å². The van der Waals surface area contributed by atoms with Crippen LogP contribution in [0.3, 0.4) is 0 Å². The fourth-order valence-corrected chi connectivity index (χ4v) is 4.54. The Kier molecular flexibility index (Phi) is 5.50. The van der Waals surface area contributed by atoms with Crippen molar-refractivity contribution in [1.29, 1.82) is 0 Å². The third-order valence-corrected chi connectivity index (χ3v) is 6.66. The highest BCUT2D eigenvalue weighted by atomic mass is 16.3. The number of rotatable bonds is 4. The molecule has 164 valence electrons. The lowest BCUT2D eigenvalue weighted by Crippen LogP contribution is -2.46. The largest absolute Gasteiger partial charge is 0.439 e. The first-order valence-corrected chi connectivity index (χ1v) is 11.2. The molecule has 2 aromatic heterocycles. The summed E-state index contributed by atoms with van der Waals surface area (Å²) < 4.78 is 6.05. The number of nitrogens with two attached hydrogens (primary N) is 1. The molecule has 2 saturated heterocycles. The van der Waals surface area contributed by atoms with E-state index in [0.29, 0.717) is 6.04 Å². The highest BCUT2D eigenvalue weighted by Gasteiger charge is 2.22. The minimum atomic E-state index is 0.335. The van der Waals surface area contributed by atoms with Gasteiger partial charge in [-0.2, -0.15) is 0 Å². The summed E-state index contributed by atoms with van der Waals surface area (Å²) in [5.74, 6) is 1.84. The van der Waals surface area contributed by atoms with E-state index in [1.165, 1.54) is 11.3 Å². The molecule has 0 bridgehead atoms. The summed E-state index contributed by atoms with van der Waals surface area (Å²) >= 11 is 0. The summed E-state index contributed by atoms with van der Waals surface area (Å²) in [6.45, 7) is 10.7. The van der Waals surface area contributed by atoms with Crippen LogP contribution in [0.2, 0.25) is 0 Å². The quantitative estimate of drug-likeness (QED) is 0.688. The molecule has 3 aromatic rings. The molecule has 5 rings (SSSR count). The summed E-state index contributed by atoms with van der Waals surface area (Å²) in [7, 11) is 0. The molecule has 2 aliphatic heterocycles. The lowest BCUT2D eigenvalue weighted by molar-refractivity contribution is 0.228. The van der Waals surface area contributed by atoms with Gasteiger partial charge in [-0.15, -0.1) is 0 Å². The Morgan fingerprint density at radius 1 is 1.00 bits per heavy atom. The van der Waals surface area contributed by atoms with E-state index in [0.717, 1.165) is 87.2 Å². The molecule has 31 heavy (non-hydrogen) atoms. The molecule has 8 nitrogen and oxygen atoms in total. The number of hydrogen-bond acceptors (Lipinski definition) is 8. The van der Waals surface area contributed by atoms with Gasteiger partial charge in [0.2, 0.25) is 5.89 Å². The van der Waals surface area contributed by atoms with E-state index in [1.54, 1.807) is 6.33 Å². The molecule has 0 saturated carbocycles. The number of fused-ring (bicyclic) bond motifs is 1. The average molecular weight is 422 g/mol. The Morgan fingerprint density at radius 3 is 2.55 bits per heavy atom. The maximum Gasteiger partial charge on any atom is 0.209 e. The number of nitrogens with zero attached hydrogens (tertiary/aromatic N) is 6. The second kappa shape index (κ2) is 8.43. The van der Waals surface area contributed by atoms with E-state index >= 15 is 0 Å². The lowest BCUT2D eigenvalue weighted by atomic mass is 10.1. The third kappa shape index (κ3) is 4.22. The summed E-state index contributed by atoms with van der Waals surface area (Å²) in [6.07, 6.45) is 3.75. The fraction of sp³-hybridized carbons (Fsp3) is 0.522. The Labute approximate surface area is 183 Å². The molecule has 1 aromatic carbocycles. The van der Waals surface area contributed by atoms with E-state index in [9.17, 15) is 0 Å². The topological polar surface area (TPSA) is 87.6 Å². The van der Waals surface area contributed by atoms with Gasteiger partial charge in [-0.25, -0.2) is 15.0 Å². The molecule has 0 spiro atoms. The lowest BCUT2D eigenvalue weighted by Gasteiger charge is -2.35. The minimum Gasteiger partial charge on any atom is -0.439 e. The van der Waals surface area contributed by atoms with Crippen molar-refractivity contribution in [2.45, 2.75) is 39.3 Å². The first-order chi connectivity index (χ1) is 15.1. The van der Waals surface area contributed by atoms with Gasteiger partial charge in [0.25, 0.3) is 0 Å². The number of benzene rings is 1. The average Bonchev–Trinajstić information content (AvgIpc) is 3.18.